The average molecular weight is 684 g/mol. The summed E-state index contributed by atoms with van der Waals surface area (Å²) >= 11 is 0. The third-order valence-electron chi connectivity index (χ3n) is 11.3. The van der Waals surface area contributed by atoms with Gasteiger partial charge in [0.1, 0.15) is 11.2 Å². The standard InChI is InChI=1S/C51H41NO/c1-31(2)32-14-19-40(20-15-32)52(42-22-23-44-43-8-6-7-9-49(43)53-50(44)30-42)41-21-16-36-27-46-47-28-37-24-34(33-12-17-39(18-13-33)51(3,4)5)10-11-35(37)26-45(47)48(46)29-38(36)25-41/h6-31H,1-5H3. The molecule has 8 aromatic carbocycles. The van der Waals surface area contributed by atoms with Crippen molar-refractivity contribution in [1.29, 1.82) is 0 Å². The molecule has 0 N–H and O–H groups in total. The molecule has 2 nitrogen and oxygen atoms in total. The monoisotopic (exact) mass is 683 g/mol. The van der Waals surface area contributed by atoms with Crippen LogP contribution in [0, 0.1) is 0 Å². The van der Waals surface area contributed by atoms with E-state index in [1.807, 2.05) is 12.1 Å². The van der Waals surface area contributed by atoms with Crippen LogP contribution in [-0.4, -0.2) is 0 Å². The lowest BCUT2D eigenvalue weighted by Gasteiger charge is -2.28. The molecular formula is C51H41NO. The maximum atomic E-state index is 6.35. The predicted octanol–water partition coefficient (Wildman–Crippen LogP) is 15.1. The first-order valence-electron chi connectivity index (χ1n) is 18.8. The van der Waals surface area contributed by atoms with Gasteiger partial charge in [0.05, 0.1) is 0 Å². The molecule has 0 radical (unpaired) electrons. The molecule has 256 valence electrons. The Morgan fingerprint density at radius 3 is 1.68 bits per heavy atom. The zero-order valence-corrected chi connectivity index (χ0v) is 30.9. The summed E-state index contributed by atoms with van der Waals surface area (Å²) in [4.78, 5) is 2.35. The molecule has 0 spiro atoms. The summed E-state index contributed by atoms with van der Waals surface area (Å²) in [5, 5.41) is 7.31. The van der Waals surface area contributed by atoms with Crippen LogP contribution in [0.2, 0.25) is 0 Å². The normalized spacial score (nSPS) is 12.4. The Labute approximate surface area is 310 Å². The second kappa shape index (κ2) is 11.7. The third kappa shape index (κ3) is 5.24. The molecule has 53 heavy (non-hydrogen) atoms. The summed E-state index contributed by atoms with van der Waals surface area (Å²) in [5.41, 5.74) is 15.8. The molecule has 0 fully saturated rings. The van der Waals surface area contributed by atoms with Gasteiger partial charge in [0, 0.05) is 33.9 Å². The van der Waals surface area contributed by atoms with Gasteiger partial charge in [0.2, 0.25) is 0 Å². The maximum absolute atomic E-state index is 6.35. The first-order chi connectivity index (χ1) is 25.7. The number of rotatable bonds is 5. The van der Waals surface area contributed by atoms with E-state index in [-0.39, 0.29) is 5.41 Å². The Bertz CT molecular complexity index is 2880. The smallest absolute Gasteiger partial charge is 0.137 e. The number of anilines is 3. The van der Waals surface area contributed by atoms with Crippen molar-refractivity contribution in [2.75, 3.05) is 4.90 Å². The van der Waals surface area contributed by atoms with Gasteiger partial charge in [-0.2, -0.15) is 0 Å². The number of nitrogens with zero attached hydrogens (tertiary/aromatic N) is 1. The van der Waals surface area contributed by atoms with Gasteiger partial charge >= 0.3 is 0 Å². The average Bonchev–Trinajstić information content (AvgIpc) is 3.54. The molecule has 0 unspecified atom stereocenters. The van der Waals surface area contributed by atoms with E-state index in [2.05, 4.69) is 179 Å². The number of hydrogen-bond donors (Lipinski definition) is 0. The molecule has 0 amide bonds. The molecule has 1 aromatic heterocycles. The molecule has 10 rings (SSSR count). The summed E-state index contributed by atoms with van der Waals surface area (Å²) in [7, 11) is 0. The van der Waals surface area contributed by atoms with Crippen molar-refractivity contribution >= 4 is 60.5 Å². The van der Waals surface area contributed by atoms with Gasteiger partial charge in [-0.15, -0.1) is 0 Å². The van der Waals surface area contributed by atoms with Crippen LogP contribution in [0.3, 0.4) is 0 Å². The molecule has 1 heterocycles. The lowest BCUT2D eigenvalue weighted by atomic mass is 9.77. The molecule has 0 saturated carbocycles. The van der Waals surface area contributed by atoms with E-state index in [4.69, 9.17) is 4.42 Å². The van der Waals surface area contributed by atoms with E-state index in [0.717, 1.165) is 39.0 Å². The highest BCUT2D eigenvalue weighted by atomic mass is 16.3. The van der Waals surface area contributed by atoms with Crippen molar-refractivity contribution in [3.05, 3.63) is 163 Å². The lowest BCUT2D eigenvalue weighted by molar-refractivity contribution is 0.590. The minimum absolute atomic E-state index is 0.146. The van der Waals surface area contributed by atoms with Gasteiger partial charge in [-0.1, -0.05) is 107 Å². The van der Waals surface area contributed by atoms with Crippen LogP contribution in [0.4, 0.5) is 17.1 Å². The minimum atomic E-state index is 0.146. The Kier molecular flexibility index (Phi) is 6.98. The zero-order valence-electron chi connectivity index (χ0n) is 30.9. The molecule has 1 aliphatic rings. The van der Waals surface area contributed by atoms with Crippen molar-refractivity contribution in [1.82, 2.24) is 0 Å². The highest BCUT2D eigenvalue weighted by molar-refractivity contribution is 6.12. The van der Waals surface area contributed by atoms with Gasteiger partial charge in [-0.3, -0.25) is 0 Å². The van der Waals surface area contributed by atoms with Crippen LogP contribution >= 0.6 is 0 Å². The topological polar surface area (TPSA) is 16.4 Å². The van der Waals surface area contributed by atoms with Gasteiger partial charge in [-0.25, -0.2) is 0 Å². The molecule has 0 atom stereocenters. The molecule has 9 aromatic rings. The molecule has 0 bridgehead atoms. The third-order valence-corrected chi connectivity index (χ3v) is 11.3. The molecule has 1 aliphatic carbocycles. The van der Waals surface area contributed by atoms with Crippen molar-refractivity contribution in [2.45, 2.75) is 46.0 Å². The number of benzene rings is 8. The van der Waals surface area contributed by atoms with Crippen LogP contribution in [0.5, 0.6) is 0 Å². The van der Waals surface area contributed by atoms with Crippen LogP contribution in [-0.2, 0) is 5.41 Å². The second-order valence-corrected chi connectivity index (χ2v) is 16.1. The quantitative estimate of drug-likeness (QED) is 0.180. The second-order valence-electron chi connectivity index (χ2n) is 16.1. The largest absolute Gasteiger partial charge is 0.456 e. The fourth-order valence-electron chi connectivity index (χ4n) is 8.20. The highest BCUT2D eigenvalue weighted by Gasteiger charge is 2.25. The van der Waals surface area contributed by atoms with Crippen LogP contribution in [0.25, 0.3) is 76.9 Å². The summed E-state index contributed by atoms with van der Waals surface area (Å²) in [5.74, 6) is 0.469. The predicted molar refractivity (Wildman–Crippen MR) is 226 cm³/mol. The van der Waals surface area contributed by atoms with Crippen molar-refractivity contribution < 1.29 is 4.42 Å². The maximum Gasteiger partial charge on any atom is 0.137 e. The van der Waals surface area contributed by atoms with E-state index in [0.29, 0.717) is 5.92 Å². The summed E-state index contributed by atoms with van der Waals surface area (Å²) in [6, 6.07) is 56.2. The number of furan rings is 1. The van der Waals surface area contributed by atoms with Gasteiger partial charge in [-0.05, 0) is 150 Å². The van der Waals surface area contributed by atoms with E-state index >= 15 is 0 Å². The fourth-order valence-corrected chi connectivity index (χ4v) is 8.20. The SMILES string of the molecule is CC(C)c1ccc(N(c2ccc3cc4c(cc3c2)-c2cc3ccc(-c5ccc(C(C)(C)C)cc5)cc3cc2-4)c2ccc3c(c2)oc2ccccc23)cc1. The summed E-state index contributed by atoms with van der Waals surface area (Å²) < 4.78 is 6.35. The molecule has 0 saturated heterocycles. The Morgan fingerprint density at radius 1 is 0.453 bits per heavy atom. The molecular weight excluding hydrogens is 643 g/mol. The Balaban J connectivity index is 1.04. The van der Waals surface area contributed by atoms with E-state index in [1.165, 1.54) is 66.1 Å². The van der Waals surface area contributed by atoms with Gasteiger partial charge < -0.3 is 9.32 Å². The zero-order chi connectivity index (χ0) is 36.0. The van der Waals surface area contributed by atoms with Crippen molar-refractivity contribution in [3.8, 4) is 33.4 Å². The summed E-state index contributed by atoms with van der Waals surface area (Å²) in [6.45, 7) is 11.3. The van der Waals surface area contributed by atoms with Crippen LogP contribution < -0.4 is 4.90 Å². The Morgan fingerprint density at radius 2 is 1.00 bits per heavy atom. The van der Waals surface area contributed by atoms with Crippen LogP contribution in [0.15, 0.2) is 156 Å². The summed E-state index contributed by atoms with van der Waals surface area (Å²) in [6.07, 6.45) is 0. The Hall–Kier alpha value is -6.12. The number of para-hydroxylation sites is 1. The number of hydrogen-bond acceptors (Lipinski definition) is 2. The molecule has 2 heteroatoms. The van der Waals surface area contributed by atoms with Gasteiger partial charge in [0.15, 0.2) is 0 Å². The first kappa shape index (κ1) is 31.6. The van der Waals surface area contributed by atoms with Crippen LogP contribution in [0.1, 0.15) is 51.7 Å². The van der Waals surface area contributed by atoms with E-state index in [1.54, 1.807) is 0 Å². The highest BCUT2D eigenvalue weighted by Crippen LogP contribution is 2.51. The van der Waals surface area contributed by atoms with E-state index in [9.17, 15) is 0 Å². The fraction of sp³-hybridized carbons (Fsp3) is 0.137. The van der Waals surface area contributed by atoms with E-state index < -0.39 is 0 Å². The number of fused-ring (bicyclic) bond motifs is 9. The van der Waals surface area contributed by atoms with Gasteiger partial charge in [0.25, 0.3) is 0 Å². The minimum Gasteiger partial charge on any atom is -0.456 e. The molecule has 0 aliphatic heterocycles. The lowest BCUT2D eigenvalue weighted by Crippen LogP contribution is -2.10. The van der Waals surface area contributed by atoms with Crippen molar-refractivity contribution in [2.24, 2.45) is 0 Å². The van der Waals surface area contributed by atoms with Crippen molar-refractivity contribution in [3.63, 3.8) is 0 Å². The first-order valence-corrected chi connectivity index (χ1v) is 18.8.